The Labute approximate surface area is 122 Å². The maximum Gasteiger partial charge on any atom is 0.191 e. The van der Waals surface area contributed by atoms with Crippen LogP contribution in [0.4, 0.5) is 0 Å². The van der Waals surface area contributed by atoms with E-state index < -0.39 is 0 Å². The second-order valence-corrected chi connectivity index (χ2v) is 5.91. The molecule has 2 unspecified atom stereocenters. The van der Waals surface area contributed by atoms with Gasteiger partial charge in [-0.15, -0.1) is 24.0 Å². The normalized spacial score (nSPS) is 30.6. The number of rotatable bonds is 3. The molecule has 0 spiro atoms. The van der Waals surface area contributed by atoms with Gasteiger partial charge in [0.1, 0.15) is 0 Å². The lowest BCUT2D eigenvalue weighted by Crippen LogP contribution is -2.43. The third-order valence-electron chi connectivity index (χ3n) is 4.15. The third-order valence-corrected chi connectivity index (χ3v) is 4.15. The van der Waals surface area contributed by atoms with Crippen LogP contribution in [0.3, 0.4) is 0 Å². The van der Waals surface area contributed by atoms with E-state index in [2.05, 4.69) is 29.5 Å². The van der Waals surface area contributed by atoms with Gasteiger partial charge in [-0.05, 0) is 30.6 Å². The van der Waals surface area contributed by atoms with Crippen LogP contribution in [0, 0.1) is 11.3 Å². The van der Waals surface area contributed by atoms with E-state index in [4.69, 9.17) is 0 Å². The Morgan fingerprint density at radius 3 is 2.41 bits per heavy atom. The highest BCUT2D eigenvalue weighted by Crippen LogP contribution is 2.36. The molecule has 0 bridgehead atoms. The molecule has 2 aliphatic rings. The number of nitrogens with one attached hydrogen (secondary N) is 2. The Hall–Kier alpha value is 0. The molecule has 2 N–H and O–H groups in total. The fourth-order valence-electron chi connectivity index (χ4n) is 2.60. The zero-order valence-corrected chi connectivity index (χ0v) is 13.6. The maximum atomic E-state index is 4.29. The molecule has 4 heteroatoms. The van der Waals surface area contributed by atoms with Gasteiger partial charge in [0.25, 0.3) is 0 Å². The molecule has 2 rings (SSSR count). The molecule has 0 aromatic rings. The van der Waals surface area contributed by atoms with Crippen LogP contribution in [0.5, 0.6) is 0 Å². The molecular weight excluding hydrogens is 325 g/mol. The van der Waals surface area contributed by atoms with E-state index in [0.29, 0.717) is 11.5 Å². The lowest BCUT2D eigenvalue weighted by Gasteiger charge is -2.25. The molecule has 100 valence electrons. The Morgan fingerprint density at radius 1 is 1.35 bits per heavy atom. The van der Waals surface area contributed by atoms with Crippen molar-refractivity contribution in [3.63, 3.8) is 0 Å². The summed E-state index contributed by atoms with van der Waals surface area (Å²) in [7, 11) is 1.86. The molecule has 2 aliphatic carbocycles. The van der Waals surface area contributed by atoms with Crippen LogP contribution in [0.2, 0.25) is 0 Å². The van der Waals surface area contributed by atoms with Crippen molar-refractivity contribution in [3.05, 3.63) is 0 Å². The minimum atomic E-state index is 0. The standard InChI is InChI=1S/C13H25N3.HI/c1-10-8-11(10)16-12(14-3)15-9-13(2)6-4-5-7-13;/h10-11H,4-9H2,1-3H3,(H2,14,15,16);1H. The van der Waals surface area contributed by atoms with Gasteiger partial charge in [-0.1, -0.05) is 26.7 Å². The van der Waals surface area contributed by atoms with Crippen molar-refractivity contribution in [1.29, 1.82) is 0 Å². The van der Waals surface area contributed by atoms with Crippen molar-refractivity contribution in [2.24, 2.45) is 16.3 Å². The average molecular weight is 351 g/mol. The SMILES string of the molecule is CN=C(NCC1(C)CCCC1)NC1CC1C.I. The van der Waals surface area contributed by atoms with Gasteiger partial charge in [0, 0.05) is 19.6 Å². The lowest BCUT2D eigenvalue weighted by molar-refractivity contribution is 0.334. The molecule has 0 radical (unpaired) electrons. The first-order valence-electron chi connectivity index (χ1n) is 6.60. The van der Waals surface area contributed by atoms with Crippen LogP contribution < -0.4 is 10.6 Å². The summed E-state index contributed by atoms with van der Waals surface area (Å²) in [6.45, 7) is 5.73. The van der Waals surface area contributed by atoms with Crippen molar-refractivity contribution in [2.45, 2.75) is 52.0 Å². The number of nitrogens with zero attached hydrogens (tertiary/aromatic N) is 1. The van der Waals surface area contributed by atoms with Crippen LogP contribution in [0.25, 0.3) is 0 Å². The average Bonchev–Trinajstić information content (AvgIpc) is 2.76. The van der Waals surface area contributed by atoms with Gasteiger partial charge in [0.2, 0.25) is 0 Å². The van der Waals surface area contributed by atoms with Gasteiger partial charge in [-0.2, -0.15) is 0 Å². The second-order valence-electron chi connectivity index (χ2n) is 5.91. The highest BCUT2D eigenvalue weighted by Gasteiger charge is 2.34. The van der Waals surface area contributed by atoms with E-state index in [1.54, 1.807) is 0 Å². The van der Waals surface area contributed by atoms with Gasteiger partial charge >= 0.3 is 0 Å². The van der Waals surface area contributed by atoms with E-state index in [1.807, 2.05) is 7.05 Å². The van der Waals surface area contributed by atoms with E-state index in [9.17, 15) is 0 Å². The van der Waals surface area contributed by atoms with Crippen LogP contribution in [-0.2, 0) is 0 Å². The summed E-state index contributed by atoms with van der Waals surface area (Å²) in [5.74, 6) is 1.81. The predicted octanol–water partition coefficient (Wildman–Crippen LogP) is 2.76. The molecule has 3 nitrogen and oxygen atoms in total. The first-order chi connectivity index (χ1) is 7.63. The fourth-order valence-corrected chi connectivity index (χ4v) is 2.60. The predicted molar refractivity (Wildman–Crippen MR) is 84.1 cm³/mol. The highest BCUT2D eigenvalue weighted by atomic mass is 127. The van der Waals surface area contributed by atoms with Crippen molar-refractivity contribution in [3.8, 4) is 0 Å². The quantitative estimate of drug-likeness (QED) is 0.466. The molecule has 0 amide bonds. The summed E-state index contributed by atoms with van der Waals surface area (Å²) in [6, 6.07) is 0.655. The Bertz CT molecular complexity index is 272. The van der Waals surface area contributed by atoms with E-state index in [1.165, 1.54) is 32.1 Å². The third kappa shape index (κ3) is 4.30. The van der Waals surface area contributed by atoms with Crippen LogP contribution in [-0.4, -0.2) is 25.6 Å². The number of halogens is 1. The topological polar surface area (TPSA) is 36.4 Å². The van der Waals surface area contributed by atoms with Gasteiger partial charge in [0.15, 0.2) is 5.96 Å². The molecule has 0 aromatic heterocycles. The summed E-state index contributed by atoms with van der Waals surface area (Å²) in [6.07, 6.45) is 6.79. The molecule has 0 heterocycles. The smallest absolute Gasteiger partial charge is 0.191 e. The summed E-state index contributed by atoms with van der Waals surface area (Å²) in [5.41, 5.74) is 0.493. The number of hydrogen-bond donors (Lipinski definition) is 2. The van der Waals surface area contributed by atoms with Crippen molar-refractivity contribution < 1.29 is 0 Å². The van der Waals surface area contributed by atoms with Crippen LogP contribution >= 0.6 is 24.0 Å². The number of guanidine groups is 1. The van der Waals surface area contributed by atoms with Gasteiger partial charge in [-0.25, -0.2) is 0 Å². The Balaban J connectivity index is 0.00000144. The molecule has 2 atom stereocenters. The van der Waals surface area contributed by atoms with Crippen molar-refractivity contribution in [1.82, 2.24) is 10.6 Å². The fraction of sp³-hybridized carbons (Fsp3) is 0.923. The van der Waals surface area contributed by atoms with E-state index >= 15 is 0 Å². The van der Waals surface area contributed by atoms with Gasteiger partial charge < -0.3 is 10.6 Å². The summed E-state index contributed by atoms with van der Waals surface area (Å²) < 4.78 is 0. The first kappa shape index (κ1) is 15.1. The summed E-state index contributed by atoms with van der Waals surface area (Å²) in [5, 5.41) is 6.95. The zero-order valence-electron chi connectivity index (χ0n) is 11.3. The number of aliphatic imine (C=N–C) groups is 1. The van der Waals surface area contributed by atoms with Crippen molar-refractivity contribution in [2.75, 3.05) is 13.6 Å². The van der Waals surface area contributed by atoms with Crippen LogP contribution in [0.1, 0.15) is 46.0 Å². The van der Waals surface area contributed by atoms with Gasteiger partial charge in [0.05, 0.1) is 0 Å². The largest absolute Gasteiger partial charge is 0.356 e. The van der Waals surface area contributed by atoms with Gasteiger partial charge in [-0.3, -0.25) is 4.99 Å². The molecule has 2 fully saturated rings. The molecule has 0 aromatic carbocycles. The minimum absolute atomic E-state index is 0. The Kier molecular flexibility index (Phi) is 5.54. The summed E-state index contributed by atoms with van der Waals surface area (Å²) in [4.78, 5) is 4.29. The van der Waals surface area contributed by atoms with E-state index in [0.717, 1.165) is 18.4 Å². The van der Waals surface area contributed by atoms with E-state index in [-0.39, 0.29) is 24.0 Å². The monoisotopic (exact) mass is 351 g/mol. The lowest BCUT2D eigenvalue weighted by atomic mass is 9.89. The maximum absolute atomic E-state index is 4.29. The molecule has 0 saturated heterocycles. The number of hydrogen-bond acceptors (Lipinski definition) is 1. The highest BCUT2D eigenvalue weighted by molar-refractivity contribution is 14.0. The Morgan fingerprint density at radius 2 is 1.94 bits per heavy atom. The molecule has 0 aliphatic heterocycles. The minimum Gasteiger partial charge on any atom is -0.356 e. The first-order valence-corrected chi connectivity index (χ1v) is 6.60. The molecular formula is C13H26IN3. The zero-order chi connectivity index (χ0) is 11.6. The summed E-state index contributed by atoms with van der Waals surface area (Å²) >= 11 is 0. The van der Waals surface area contributed by atoms with Crippen molar-refractivity contribution >= 4 is 29.9 Å². The molecule has 17 heavy (non-hydrogen) atoms. The molecule has 2 saturated carbocycles. The second kappa shape index (κ2) is 6.25. The van der Waals surface area contributed by atoms with Crippen LogP contribution in [0.15, 0.2) is 4.99 Å².